The lowest BCUT2D eigenvalue weighted by molar-refractivity contribution is -0.137. The van der Waals surface area contributed by atoms with E-state index in [1.165, 1.54) is 0 Å². The molecule has 0 amide bonds. The Morgan fingerprint density at radius 3 is 2.57 bits per heavy atom. The van der Waals surface area contributed by atoms with Crippen LogP contribution < -0.4 is 0 Å². The van der Waals surface area contributed by atoms with Crippen molar-refractivity contribution in [3.63, 3.8) is 0 Å². The molecule has 1 aromatic rings. The number of hydrogen-bond acceptors (Lipinski definition) is 2. The highest BCUT2D eigenvalue weighted by atomic mass is 32.2. The number of rotatable bonds is 2. The molecule has 0 saturated carbocycles. The first-order chi connectivity index (χ1) is 6.39. The van der Waals surface area contributed by atoms with E-state index in [9.17, 15) is 17.4 Å². The minimum Gasteiger partial charge on any atom is -0.306 e. The maximum absolute atomic E-state index is 12.1. The Labute approximate surface area is 80.3 Å². The predicted molar refractivity (Wildman–Crippen MR) is 43.7 cm³/mol. The van der Waals surface area contributed by atoms with Gasteiger partial charge in [-0.2, -0.15) is 13.2 Å². The van der Waals surface area contributed by atoms with Gasteiger partial charge in [0.25, 0.3) is 0 Å². The lowest BCUT2D eigenvalue weighted by Crippen LogP contribution is -2.06. The predicted octanol–water partition coefficient (Wildman–Crippen LogP) is 1.82. The highest BCUT2D eigenvalue weighted by Gasteiger charge is 2.30. The van der Waals surface area contributed by atoms with Crippen molar-refractivity contribution in [2.24, 2.45) is 0 Å². The standard InChI is InChI=1S/C7H6F3NO2S/c8-7(9,10)6-1-5(2-11-3-6)4-14(12)13/h1-3H,4H2,(H,12,13). The molecule has 1 aromatic heterocycles. The minimum absolute atomic E-state index is 0.0839. The molecule has 0 aliphatic rings. The summed E-state index contributed by atoms with van der Waals surface area (Å²) in [6.45, 7) is 0. The smallest absolute Gasteiger partial charge is 0.306 e. The monoisotopic (exact) mass is 225 g/mol. The van der Waals surface area contributed by atoms with E-state index < -0.39 is 22.8 Å². The van der Waals surface area contributed by atoms with Gasteiger partial charge in [0, 0.05) is 12.4 Å². The maximum Gasteiger partial charge on any atom is 0.417 e. The minimum atomic E-state index is -4.47. The van der Waals surface area contributed by atoms with Gasteiger partial charge in [-0.15, -0.1) is 0 Å². The van der Waals surface area contributed by atoms with Crippen molar-refractivity contribution >= 4 is 11.1 Å². The molecule has 1 rings (SSSR count). The normalized spacial score (nSPS) is 14.0. The summed E-state index contributed by atoms with van der Waals surface area (Å²) in [5.74, 6) is -0.350. The number of aromatic nitrogens is 1. The van der Waals surface area contributed by atoms with Gasteiger partial charge in [-0.25, -0.2) is 4.21 Å². The molecule has 0 bridgehead atoms. The van der Waals surface area contributed by atoms with Crippen LogP contribution in [-0.2, 0) is 23.0 Å². The van der Waals surface area contributed by atoms with Crippen LogP contribution in [0.2, 0.25) is 0 Å². The van der Waals surface area contributed by atoms with Crippen LogP contribution in [0.15, 0.2) is 18.5 Å². The van der Waals surface area contributed by atoms with Gasteiger partial charge in [0.2, 0.25) is 0 Å². The van der Waals surface area contributed by atoms with E-state index >= 15 is 0 Å². The van der Waals surface area contributed by atoms with E-state index in [-0.39, 0.29) is 11.3 Å². The van der Waals surface area contributed by atoms with Crippen molar-refractivity contribution in [2.75, 3.05) is 0 Å². The van der Waals surface area contributed by atoms with E-state index in [1.807, 2.05) is 0 Å². The summed E-state index contributed by atoms with van der Waals surface area (Å²) in [7, 11) is 0. The molecule has 7 heteroatoms. The SMILES string of the molecule is O=S(O)Cc1cncc(C(F)(F)F)c1. The Kier molecular flexibility index (Phi) is 3.22. The first-order valence-corrected chi connectivity index (χ1v) is 4.76. The van der Waals surface area contributed by atoms with Gasteiger partial charge in [0.1, 0.15) is 0 Å². The van der Waals surface area contributed by atoms with E-state index in [0.717, 1.165) is 12.3 Å². The van der Waals surface area contributed by atoms with Crippen molar-refractivity contribution in [3.05, 3.63) is 29.6 Å². The molecule has 14 heavy (non-hydrogen) atoms. The largest absolute Gasteiger partial charge is 0.417 e. The molecule has 1 N–H and O–H groups in total. The average molecular weight is 225 g/mol. The molecule has 3 nitrogen and oxygen atoms in total. The second kappa shape index (κ2) is 4.05. The summed E-state index contributed by atoms with van der Waals surface area (Å²) in [6.07, 6.45) is -2.67. The second-order valence-corrected chi connectivity index (χ2v) is 3.48. The fourth-order valence-corrected chi connectivity index (χ4v) is 1.31. The van der Waals surface area contributed by atoms with Gasteiger partial charge in [-0.3, -0.25) is 4.98 Å². The van der Waals surface area contributed by atoms with Crippen LogP contribution in [-0.4, -0.2) is 13.7 Å². The maximum atomic E-state index is 12.1. The fourth-order valence-electron chi connectivity index (χ4n) is 0.864. The van der Waals surface area contributed by atoms with E-state index in [0.29, 0.717) is 6.20 Å². The van der Waals surface area contributed by atoms with Crippen molar-refractivity contribution in [2.45, 2.75) is 11.9 Å². The Bertz CT molecular complexity index is 353. The molecule has 78 valence electrons. The van der Waals surface area contributed by atoms with Gasteiger partial charge < -0.3 is 4.55 Å². The molecule has 1 unspecified atom stereocenters. The van der Waals surface area contributed by atoms with Crippen LogP contribution in [0.1, 0.15) is 11.1 Å². The fraction of sp³-hybridized carbons (Fsp3) is 0.286. The average Bonchev–Trinajstić information content (AvgIpc) is 2.01. The summed E-state index contributed by atoms with van der Waals surface area (Å²) in [5, 5.41) is 0. The van der Waals surface area contributed by atoms with E-state index in [2.05, 4.69) is 4.98 Å². The zero-order chi connectivity index (χ0) is 10.8. The topological polar surface area (TPSA) is 50.2 Å². The molecule has 0 radical (unpaired) electrons. The van der Waals surface area contributed by atoms with Crippen molar-refractivity contribution < 1.29 is 21.9 Å². The Hall–Kier alpha value is -0.950. The van der Waals surface area contributed by atoms with Crippen molar-refractivity contribution in [1.82, 2.24) is 4.98 Å². The highest BCUT2D eigenvalue weighted by molar-refractivity contribution is 7.78. The van der Waals surface area contributed by atoms with Crippen LogP contribution >= 0.6 is 0 Å². The zero-order valence-electron chi connectivity index (χ0n) is 6.78. The first-order valence-electron chi connectivity index (χ1n) is 3.48. The van der Waals surface area contributed by atoms with Crippen molar-refractivity contribution in [3.8, 4) is 0 Å². The zero-order valence-corrected chi connectivity index (χ0v) is 7.60. The van der Waals surface area contributed by atoms with Gasteiger partial charge in [-0.1, -0.05) is 0 Å². The molecule has 0 saturated heterocycles. The number of nitrogens with zero attached hydrogens (tertiary/aromatic N) is 1. The second-order valence-electron chi connectivity index (χ2n) is 2.55. The molecule has 0 aliphatic heterocycles. The molecular formula is C7H6F3NO2S. The third-order valence-electron chi connectivity index (χ3n) is 1.41. The lowest BCUT2D eigenvalue weighted by Gasteiger charge is -2.06. The van der Waals surface area contributed by atoms with E-state index in [1.54, 1.807) is 0 Å². The number of hydrogen-bond donors (Lipinski definition) is 1. The molecular weight excluding hydrogens is 219 g/mol. The Balaban J connectivity index is 2.95. The van der Waals surface area contributed by atoms with Crippen LogP contribution in [0, 0.1) is 0 Å². The quantitative estimate of drug-likeness (QED) is 0.781. The number of alkyl halides is 3. The van der Waals surface area contributed by atoms with Crippen LogP contribution in [0.4, 0.5) is 13.2 Å². The molecule has 1 atom stereocenters. The number of pyridine rings is 1. The van der Waals surface area contributed by atoms with Gasteiger partial charge in [-0.05, 0) is 11.6 Å². The molecule has 1 heterocycles. The summed E-state index contributed by atoms with van der Waals surface area (Å²) >= 11 is -2.16. The summed E-state index contributed by atoms with van der Waals surface area (Å²) in [5.41, 5.74) is -0.832. The lowest BCUT2D eigenvalue weighted by atomic mass is 10.2. The van der Waals surface area contributed by atoms with Gasteiger partial charge >= 0.3 is 6.18 Å². The summed E-state index contributed by atoms with van der Waals surface area (Å²) in [4.78, 5) is 3.34. The summed E-state index contributed by atoms with van der Waals surface area (Å²) < 4.78 is 55.2. The summed E-state index contributed by atoms with van der Waals surface area (Å²) in [6, 6.07) is 0.807. The molecule has 0 spiro atoms. The van der Waals surface area contributed by atoms with E-state index in [4.69, 9.17) is 4.55 Å². The molecule has 0 aromatic carbocycles. The Morgan fingerprint density at radius 2 is 2.07 bits per heavy atom. The highest BCUT2D eigenvalue weighted by Crippen LogP contribution is 2.28. The van der Waals surface area contributed by atoms with Crippen LogP contribution in [0.25, 0.3) is 0 Å². The third-order valence-corrected chi connectivity index (χ3v) is 1.99. The molecule has 0 fully saturated rings. The Morgan fingerprint density at radius 1 is 1.43 bits per heavy atom. The van der Waals surface area contributed by atoms with Crippen molar-refractivity contribution in [1.29, 1.82) is 0 Å². The van der Waals surface area contributed by atoms with Crippen LogP contribution in [0.3, 0.4) is 0 Å². The van der Waals surface area contributed by atoms with Gasteiger partial charge in [0.05, 0.1) is 11.3 Å². The number of halogens is 3. The van der Waals surface area contributed by atoms with Crippen LogP contribution in [0.5, 0.6) is 0 Å². The van der Waals surface area contributed by atoms with Gasteiger partial charge in [0.15, 0.2) is 11.1 Å². The third kappa shape index (κ3) is 3.08. The molecule has 0 aliphatic carbocycles. The first kappa shape index (κ1) is 11.1.